The van der Waals surface area contributed by atoms with Gasteiger partial charge in [0.05, 0.1) is 24.2 Å². The average Bonchev–Trinajstić information content (AvgIpc) is 2.46. The summed E-state index contributed by atoms with van der Waals surface area (Å²) in [5.74, 6) is 0.662. The zero-order chi connectivity index (χ0) is 15.4. The number of anilines is 1. The zero-order valence-corrected chi connectivity index (χ0v) is 12.5. The van der Waals surface area contributed by atoms with Gasteiger partial charge >= 0.3 is 0 Å². The molecule has 0 saturated heterocycles. The minimum Gasteiger partial charge on any atom is -0.390 e. The Hall–Kier alpha value is -2.01. The molecule has 112 valence electrons. The van der Waals surface area contributed by atoms with Gasteiger partial charge in [0.1, 0.15) is 11.6 Å². The lowest BCUT2D eigenvalue weighted by atomic mass is 10.2. The number of benzene rings is 1. The molecule has 0 bridgehead atoms. The van der Waals surface area contributed by atoms with Gasteiger partial charge in [-0.2, -0.15) is 0 Å². The summed E-state index contributed by atoms with van der Waals surface area (Å²) in [6, 6.07) is 6.47. The number of hydrogen-bond acceptors (Lipinski definition) is 4. The topological polar surface area (TPSA) is 49.2 Å². The summed E-state index contributed by atoms with van der Waals surface area (Å²) in [5.41, 5.74) is 2.20. The molecular formula is C16H20FN3O. The van der Waals surface area contributed by atoms with Gasteiger partial charge in [0, 0.05) is 19.5 Å². The summed E-state index contributed by atoms with van der Waals surface area (Å²) in [6.45, 7) is 4.39. The molecule has 2 aromatic rings. The van der Waals surface area contributed by atoms with E-state index in [2.05, 4.69) is 9.97 Å². The van der Waals surface area contributed by atoms with Crippen LogP contribution in [0, 0.1) is 5.82 Å². The van der Waals surface area contributed by atoms with Gasteiger partial charge < -0.3 is 10.0 Å². The largest absolute Gasteiger partial charge is 0.390 e. The van der Waals surface area contributed by atoms with E-state index in [0.29, 0.717) is 18.1 Å². The van der Waals surface area contributed by atoms with Crippen LogP contribution in [0.4, 0.5) is 10.1 Å². The molecule has 21 heavy (non-hydrogen) atoms. The van der Waals surface area contributed by atoms with Crippen molar-refractivity contribution in [3.8, 4) is 0 Å². The molecular weight excluding hydrogens is 269 g/mol. The second-order valence-corrected chi connectivity index (χ2v) is 5.36. The molecule has 0 saturated carbocycles. The van der Waals surface area contributed by atoms with Gasteiger partial charge in [0.15, 0.2) is 0 Å². The molecule has 0 radical (unpaired) electrons. The van der Waals surface area contributed by atoms with E-state index < -0.39 is 0 Å². The van der Waals surface area contributed by atoms with E-state index in [4.69, 9.17) is 0 Å². The molecule has 4 nitrogen and oxygen atoms in total. The Morgan fingerprint density at radius 3 is 2.71 bits per heavy atom. The Morgan fingerprint density at radius 1 is 1.33 bits per heavy atom. The fraction of sp³-hybridized carbons (Fsp3) is 0.375. The van der Waals surface area contributed by atoms with Crippen molar-refractivity contribution in [2.75, 3.05) is 11.9 Å². The summed E-state index contributed by atoms with van der Waals surface area (Å²) >= 11 is 0. The first kappa shape index (κ1) is 15.4. The van der Waals surface area contributed by atoms with Gasteiger partial charge in [0.25, 0.3) is 0 Å². The third-order valence-electron chi connectivity index (χ3n) is 3.25. The first-order chi connectivity index (χ1) is 10.0. The third kappa shape index (κ3) is 3.76. The number of halogens is 1. The molecule has 0 unspecified atom stereocenters. The van der Waals surface area contributed by atoms with Gasteiger partial charge in [-0.05, 0) is 17.7 Å². The highest BCUT2D eigenvalue weighted by atomic mass is 19.1. The number of aliphatic hydroxyl groups is 1. The van der Waals surface area contributed by atoms with Crippen LogP contribution in [-0.2, 0) is 13.2 Å². The van der Waals surface area contributed by atoms with Crippen LogP contribution >= 0.6 is 0 Å². The maximum atomic E-state index is 13.2. The maximum Gasteiger partial charge on any atom is 0.131 e. The molecule has 0 atom stereocenters. The zero-order valence-electron chi connectivity index (χ0n) is 12.5. The van der Waals surface area contributed by atoms with Crippen LogP contribution in [0.5, 0.6) is 0 Å². The minimum atomic E-state index is -0.255. The maximum absolute atomic E-state index is 13.2. The van der Waals surface area contributed by atoms with E-state index in [0.717, 1.165) is 11.3 Å². The molecule has 1 heterocycles. The highest BCUT2D eigenvalue weighted by Gasteiger charge is 2.13. The van der Waals surface area contributed by atoms with Gasteiger partial charge in [0.2, 0.25) is 0 Å². The Morgan fingerprint density at radius 2 is 2.10 bits per heavy atom. The van der Waals surface area contributed by atoms with E-state index in [1.54, 1.807) is 12.3 Å². The van der Waals surface area contributed by atoms with E-state index in [9.17, 15) is 9.50 Å². The second-order valence-electron chi connectivity index (χ2n) is 5.36. The highest BCUT2D eigenvalue weighted by Crippen LogP contribution is 2.21. The van der Waals surface area contributed by atoms with Crippen LogP contribution < -0.4 is 4.90 Å². The molecule has 0 aliphatic carbocycles. The Bertz CT molecular complexity index is 616. The Balaban J connectivity index is 2.24. The summed E-state index contributed by atoms with van der Waals surface area (Å²) in [6.07, 6.45) is 1.72. The summed E-state index contributed by atoms with van der Waals surface area (Å²) in [4.78, 5) is 10.6. The van der Waals surface area contributed by atoms with Crippen molar-refractivity contribution in [1.29, 1.82) is 0 Å². The highest BCUT2D eigenvalue weighted by molar-refractivity contribution is 5.48. The fourth-order valence-electron chi connectivity index (χ4n) is 2.13. The number of hydrogen-bond donors (Lipinski definition) is 1. The van der Waals surface area contributed by atoms with Crippen LogP contribution in [0.3, 0.4) is 0 Å². The minimum absolute atomic E-state index is 0.148. The summed E-state index contributed by atoms with van der Waals surface area (Å²) in [7, 11) is 1.87. The Labute approximate surface area is 124 Å². The quantitative estimate of drug-likeness (QED) is 0.919. The van der Waals surface area contributed by atoms with Gasteiger partial charge in [-0.1, -0.05) is 26.0 Å². The van der Waals surface area contributed by atoms with Gasteiger partial charge in [-0.25, -0.2) is 14.4 Å². The number of rotatable bonds is 5. The van der Waals surface area contributed by atoms with Crippen molar-refractivity contribution < 1.29 is 9.50 Å². The predicted molar refractivity (Wildman–Crippen MR) is 80.6 cm³/mol. The molecule has 0 amide bonds. The number of aromatic nitrogens is 2. The molecule has 0 aliphatic rings. The molecule has 0 fully saturated rings. The van der Waals surface area contributed by atoms with Crippen LogP contribution in [0.2, 0.25) is 0 Å². The molecule has 1 aromatic carbocycles. The lowest BCUT2D eigenvalue weighted by Gasteiger charge is -2.22. The molecule has 1 aromatic heterocycles. The van der Waals surface area contributed by atoms with Gasteiger partial charge in [-0.15, -0.1) is 0 Å². The summed E-state index contributed by atoms with van der Waals surface area (Å²) < 4.78 is 13.2. The van der Waals surface area contributed by atoms with Crippen LogP contribution in [0.15, 0.2) is 30.5 Å². The second kappa shape index (κ2) is 6.63. The lowest BCUT2D eigenvalue weighted by molar-refractivity contribution is 0.276. The molecule has 2 rings (SSSR count). The SMILES string of the molecule is CC(C)c1ncc(N(C)Cc2cccc(F)c2)c(CO)n1. The van der Waals surface area contributed by atoms with Gasteiger partial charge in [-0.3, -0.25) is 0 Å². The fourth-order valence-corrected chi connectivity index (χ4v) is 2.13. The average molecular weight is 289 g/mol. The van der Waals surface area contributed by atoms with Crippen molar-refractivity contribution in [2.24, 2.45) is 0 Å². The van der Waals surface area contributed by atoms with Crippen molar-refractivity contribution in [2.45, 2.75) is 32.9 Å². The predicted octanol–water partition coefficient (Wildman–Crippen LogP) is 2.87. The normalized spacial score (nSPS) is 11.0. The molecule has 1 N–H and O–H groups in total. The molecule has 5 heteroatoms. The van der Waals surface area contributed by atoms with Crippen LogP contribution in [0.25, 0.3) is 0 Å². The van der Waals surface area contributed by atoms with Crippen molar-refractivity contribution >= 4 is 5.69 Å². The van der Waals surface area contributed by atoms with Crippen LogP contribution in [0.1, 0.15) is 36.8 Å². The van der Waals surface area contributed by atoms with E-state index in [-0.39, 0.29) is 18.3 Å². The monoisotopic (exact) mass is 289 g/mol. The third-order valence-corrected chi connectivity index (χ3v) is 3.25. The first-order valence-corrected chi connectivity index (χ1v) is 6.93. The smallest absolute Gasteiger partial charge is 0.131 e. The first-order valence-electron chi connectivity index (χ1n) is 6.93. The Kier molecular flexibility index (Phi) is 4.85. The lowest BCUT2D eigenvalue weighted by Crippen LogP contribution is -2.20. The summed E-state index contributed by atoms with van der Waals surface area (Å²) in [5, 5.41) is 9.51. The number of aliphatic hydroxyl groups excluding tert-OH is 1. The standard InChI is InChI=1S/C16H20FN3O/c1-11(2)16-18-8-15(14(10-21)19-16)20(3)9-12-5-4-6-13(17)7-12/h4-8,11,21H,9-10H2,1-3H3. The van der Waals surface area contributed by atoms with Crippen molar-refractivity contribution in [3.63, 3.8) is 0 Å². The van der Waals surface area contributed by atoms with Crippen molar-refractivity contribution in [3.05, 3.63) is 53.4 Å². The van der Waals surface area contributed by atoms with Crippen molar-refractivity contribution in [1.82, 2.24) is 9.97 Å². The van der Waals surface area contributed by atoms with Crippen LogP contribution in [-0.4, -0.2) is 22.1 Å². The van der Waals surface area contributed by atoms with E-state index in [1.165, 1.54) is 12.1 Å². The molecule has 0 aliphatic heterocycles. The van der Waals surface area contributed by atoms with E-state index >= 15 is 0 Å². The number of nitrogens with zero attached hydrogens (tertiary/aromatic N) is 3. The van der Waals surface area contributed by atoms with E-state index in [1.807, 2.05) is 31.9 Å². The molecule has 0 spiro atoms.